The molecule has 0 saturated heterocycles. The summed E-state index contributed by atoms with van der Waals surface area (Å²) in [6, 6.07) is 0. The fourth-order valence-electron chi connectivity index (χ4n) is 0.440. The summed E-state index contributed by atoms with van der Waals surface area (Å²) in [5.41, 5.74) is -0.239. The summed E-state index contributed by atoms with van der Waals surface area (Å²) in [6.45, 7) is 6.40. The predicted molar refractivity (Wildman–Crippen MR) is 38.2 cm³/mol. The molecule has 0 unspecified atom stereocenters. The van der Waals surface area contributed by atoms with Gasteiger partial charge >= 0.3 is 11.9 Å². The van der Waals surface area contributed by atoms with E-state index in [2.05, 4.69) is 13.2 Å². The van der Waals surface area contributed by atoms with Gasteiger partial charge in [0.25, 0.3) is 0 Å². The van der Waals surface area contributed by atoms with Crippen LogP contribution in [0.25, 0.3) is 0 Å². The maximum atomic E-state index is 10.2. The fraction of sp³-hybridized carbons (Fsp3) is 0.143. The monoisotopic (exact) mass is 156 g/mol. The highest BCUT2D eigenvalue weighted by atomic mass is 16.4. The lowest BCUT2D eigenvalue weighted by Gasteiger charge is -1.99. The van der Waals surface area contributed by atoms with Gasteiger partial charge in [0, 0.05) is 0 Å². The van der Waals surface area contributed by atoms with E-state index < -0.39 is 11.9 Å². The average molecular weight is 156 g/mol. The first kappa shape index (κ1) is 9.42. The van der Waals surface area contributed by atoms with Crippen LogP contribution in [-0.2, 0) is 9.59 Å². The van der Waals surface area contributed by atoms with E-state index in [1.807, 2.05) is 0 Å². The molecule has 0 spiro atoms. The van der Waals surface area contributed by atoms with Crippen molar-refractivity contribution in [1.29, 1.82) is 0 Å². The lowest BCUT2D eigenvalue weighted by Crippen LogP contribution is -2.05. The molecular formula is C7H8O4. The van der Waals surface area contributed by atoms with Crippen molar-refractivity contribution in [3.63, 3.8) is 0 Å². The minimum Gasteiger partial charge on any atom is -0.481 e. The van der Waals surface area contributed by atoms with E-state index in [-0.39, 0.29) is 17.6 Å². The predicted octanol–water partition coefficient (Wildman–Crippen LogP) is 0.658. The zero-order valence-electron chi connectivity index (χ0n) is 5.83. The minimum absolute atomic E-state index is 0.0185. The quantitative estimate of drug-likeness (QED) is 0.463. The van der Waals surface area contributed by atoms with Gasteiger partial charge in [-0.25, -0.2) is 4.79 Å². The van der Waals surface area contributed by atoms with Gasteiger partial charge in [0.15, 0.2) is 0 Å². The molecule has 0 aliphatic rings. The third-order valence-electron chi connectivity index (χ3n) is 1.05. The standard InChI is InChI=1S/C7H8O4/c1-4(3-6(8)9)5(2)7(10)11/h1-3H2,(H,8,9)(H,10,11). The molecule has 0 atom stereocenters. The maximum Gasteiger partial charge on any atom is 0.335 e. The average Bonchev–Trinajstić information content (AvgIpc) is 1.84. The summed E-state index contributed by atoms with van der Waals surface area (Å²) < 4.78 is 0. The Bertz CT molecular complexity index is 227. The van der Waals surface area contributed by atoms with Crippen molar-refractivity contribution in [2.24, 2.45) is 0 Å². The fourth-order valence-corrected chi connectivity index (χ4v) is 0.440. The van der Waals surface area contributed by atoms with Gasteiger partial charge in [-0.3, -0.25) is 4.79 Å². The summed E-state index contributed by atoms with van der Waals surface area (Å²) in [7, 11) is 0. The molecule has 2 N–H and O–H groups in total. The van der Waals surface area contributed by atoms with E-state index in [4.69, 9.17) is 10.2 Å². The smallest absolute Gasteiger partial charge is 0.335 e. The van der Waals surface area contributed by atoms with Crippen LogP contribution in [0.4, 0.5) is 0 Å². The number of rotatable bonds is 4. The van der Waals surface area contributed by atoms with E-state index in [0.29, 0.717) is 0 Å². The Labute approximate surface area is 63.5 Å². The normalized spacial score (nSPS) is 8.73. The third-order valence-corrected chi connectivity index (χ3v) is 1.05. The highest BCUT2D eigenvalue weighted by Crippen LogP contribution is 2.08. The van der Waals surface area contributed by atoms with Crippen molar-refractivity contribution in [3.8, 4) is 0 Å². The molecule has 4 heteroatoms. The van der Waals surface area contributed by atoms with Crippen LogP contribution >= 0.6 is 0 Å². The van der Waals surface area contributed by atoms with Crippen LogP contribution < -0.4 is 0 Å². The molecule has 11 heavy (non-hydrogen) atoms. The van der Waals surface area contributed by atoms with E-state index in [1.165, 1.54) is 0 Å². The Morgan fingerprint density at radius 3 is 1.91 bits per heavy atom. The number of carboxylic acid groups (broad SMARTS) is 2. The SMILES string of the molecule is C=C(CC(=O)O)C(=C)C(=O)O. The van der Waals surface area contributed by atoms with E-state index >= 15 is 0 Å². The van der Waals surface area contributed by atoms with Crippen LogP contribution in [0.3, 0.4) is 0 Å². The Morgan fingerprint density at radius 2 is 1.64 bits per heavy atom. The summed E-state index contributed by atoms with van der Waals surface area (Å²) >= 11 is 0. The molecule has 0 aromatic heterocycles. The molecule has 60 valence electrons. The molecule has 0 amide bonds. The van der Waals surface area contributed by atoms with Crippen LogP contribution in [0.15, 0.2) is 24.3 Å². The van der Waals surface area contributed by atoms with Crippen LogP contribution in [0.2, 0.25) is 0 Å². The van der Waals surface area contributed by atoms with E-state index in [0.717, 1.165) is 0 Å². The molecule has 0 radical (unpaired) electrons. The van der Waals surface area contributed by atoms with Gasteiger partial charge in [0.2, 0.25) is 0 Å². The summed E-state index contributed by atoms with van der Waals surface area (Å²) in [5, 5.41) is 16.5. The van der Waals surface area contributed by atoms with Crippen LogP contribution in [0.1, 0.15) is 6.42 Å². The van der Waals surface area contributed by atoms with Crippen molar-refractivity contribution >= 4 is 11.9 Å². The van der Waals surface area contributed by atoms with Crippen LogP contribution in [-0.4, -0.2) is 22.2 Å². The summed E-state index contributed by atoms with van der Waals surface area (Å²) in [4.78, 5) is 20.2. The van der Waals surface area contributed by atoms with Gasteiger partial charge < -0.3 is 10.2 Å². The molecule has 0 rings (SSSR count). The Balaban J connectivity index is 4.16. The van der Waals surface area contributed by atoms with Crippen molar-refractivity contribution in [2.75, 3.05) is 0 Å². The first-order valence-corrected chi connectivity index (χ1v) is 2.77. The number of carboxylic acids is 2. The van der Waals surface area contributed by atoms with E-state index in [9.17, 15) is 9.59 Å². The lowest BCUT2D eigenvalue weighted by atomic mass is 10.1. The first-order chi connectivity index (χ1) is 4.95. The second-order valence-corrected chi connectivity index (χ2v) is 1.96. The Kier molecular flexibility index (Phi) is 3.04. The highest BCUT2D eigenvalue weighted by Gasteiger charge is 2.10. The van der Waals surface area contributed by atoms with Crippen molar-refractivity contribution in [1.82, 2.24) is 0 Å². The van der Waals surface area contributed by atoms with Crippen molar-refractivity contribution in [3.05, 3.63) is 24.3 Å². The zero-order chi connectivity index (χ0) is 9.02. The number of hydrogen-bond donors (Lipinski definition) is 2. The molecule has 0 fully saturated rings. The van der Waals surface area contributed by atoms with Crippen molar-refractivity contribution in [2.45, 2.75) is 6.42 Å². The molecule has 0 aliphatic carbocycles. The lowest BCUT2D eigenvalue weighted by molar-refractivity contribution is -0.136. The molecule has 0 saturated carbocycles. The molecule has 0 aromatic carbocycles. The maximum absolute atomic E-state index is 10.2. The Morgan fingerprint density at radius 1 is 1.18 bits per heavy atom. The molecule has 4 nitrogen and oxygen atoms in total. The van der Waals surface area contributed by atoms with Gasteiger partial charge in [-0.1, -0.05) is 13.2 Å². The number of aliphatic carboxylic acids is 2. The Hall–Kier alpha value is -1.58. The van der Waals surface area contributed by atoms with Gasteiger partial charge in [-0.05, 0) is 5.57 Å². The zero-order valence-corrected chi connectivity index (χ0v) is 5.83. The summed E-state index contributed by atoms with van der Waals surface area (Å²) in [6.07, 6.45) is -0.384. The van der Waals surface area contributed by atoms with Gasteiger partial charge in [-0.2, -0.15) is 0 Å². The van der Waals surface area contributed by atoms with Gasteiger partial charge in [0.1, 0.15) is 0 Å². The number of hydrogen-bond acceptors (Lipinski definition) is 2. The second kappa shape index (κ2) is 3.55. The topological polar surface area (TPSA) is 74.6 Å². The van der Waals surface area contributed by atoms with Crippen molar-refractivity contribution < 1.29 is 19.8 Å². The minimum atomic E-state index is -1.24. The van der Waals surface area contributed by atoms with E-state index in [1.54, 1.807) is 0 Å². The molecule has 0 bridgehead atoms. The van der Waals surface area contributed by atoms with Crippen LogP contribution in [0, 0.1) is 0 Å². The first-order valence-electron chi connectivity index (χ1n) is 2.77. The summed E-state index contributed by atoms with van der Waals surface area (Å²) in [5.74, 6) is -2.35. The number of carbonyl (C=O) groups is 2. The van der Waals surface area contributed by atoms with Crippen LogP contribution in [0.5, 0.6) is 0 Å². The second-order valence-electron chi connectivity index (χ2n) is 1.96. The molecular weight excluding hydrogens is 148 g/mol. The molecule has 0 aliphatic heterocycles. The highest BCUT2D eigenvalue weighted by molar-refractivity contribution is 5.92. The molecule has 0 aromatic rings. The molecule has 0 heterocycles. The van der Waals surface area contributed by atoms with Gasteiger partial charge in [0.05, 0.1) is 12.0 Å². The largest absolute Gasteiger partial charge is 0.481 e. The third kappa shape index (κ3) is 3.20. The van der Waals surface area contributed by atoms with Gasteiger partial charge in [-0.15, -0.1) is 0 Å².